The number of aliphatic hydroxyl groups is 1. The van der Waals surface area contributed by atoms with Crippen LogP contribution in [0.4, 0.5) is 4.39 Å². The van der Waals surface area contributed by atoms with E-state index >= 15 is 0 Å². The highest BCUT2D eigenvalue weighted by Gasteiger charge is 2.34. The Bertz CT molecular complexity index is 1350. The van der Waals surface area contributed by atoms with Gasteiger partial charge in [-0.15, -0.1) is 12.4 Å². The first kappa shape index (κ1) is 28.5. The van der Waals surface area contributed by atoms with Crippen molar-refractivity contribution in [3.8, 4) is 5.75 Å². The minimum Gasteiger partial charge on any atom is -0.493 e. The summed E-state index contributed by atoms with van der Waals surface area (Å²) in [5, 5.41) is 17.0. The molecule has 3 unspecified atom stereocenters. The molecule has 0 aliphatic carbocycles. The zero-order chi connectivity index (χ0) is 26.8. The minimum atomic E-state index is -0.772. The summed E-state index contributed by atoms with van der Waals surface area (Å²) in [6.07, 6.45) is -0.0913. The van der Waals surface area contributed by atoms with Crippen LogP contribution in [-0.2, 0) is 19.5 Å². The van der Waals surface area contributed by atoms with E-state index in [0.29, 0.717) is 43.0 Å². The lowest BCUT2D eigenvalue weighted by Crippen LogP contribution is -2.49. The Morgan fingerprint density at radius 3 is 2.59 bits per heavy atom. The molecule has 3 atom stereocenters. The van der Waals surface area contributed by atoms with Crippen molar-refractivity contribution in [1.82, 2.24) is 15.5 Å². The minimum absolute atomic E-state index is 0. The molecule has 0 aromatic heterocycles. The number of aliphatic hydroxyl groups excluding tert-OH is 1. The lowest BCUT2D eigenvalue weighted by Gasteiger charge is -2.30. The van der Waals surface area contributed by atoms with E-state index in [9.17, 15) is 19.1 Å². The highest BCUT2D eigenvalue weighted by molar-refractivity contribution is 6.03. The van der Waals surface area contributed by atoms with Gasteiger partial charge in [-0.3, -0.25) is 9.59 Å². The van der Waals surface area contributed by atoms with Gasteiger partial charge >= 0.3 is 0 Å². The van der Waals surface area contributed by atoms with Gasteiger partial charge in [-0.25, -0.2) is 4.39 Å². The number of hydrogen-bond donors (Lipinski definition) is 3. The number of halogens is 2. The summed E-state index contributed by atoms with van der Waals surface area (Å²) in [4.78, 5) is 28.2. The summed E-state index contributed by atoms with van der Waals surface area (Å²) in [6, 6.07) is 17.1. The van der Waals surface area contributed by atoms with E-state index in [2.05, 4.69) is 22.8 Å². The topological polar surface area (TPSA) is 90.9 Å². The molecule has 2 aliphatic heterocycles. The van der Waals surface area contributed by atoms with Crippen molar-refractivity contribution in [3.63, 3.8) is 0 Å². The molecule has 7 nitrogen and oxygen atoms in total. The predicted molar refractivity (Wildman–Crippen MR) is 149 cm³/mol. The number of benzene rings is 3. The van der Waals surface area contributed by atoms with Gasteiger partial charge < -0.3 is 25.4 Å². The van der Waals surface area contributed by atoms with Crippen LogP contribution in [0.15, 0.2) is 60.7 Å². The van der Waals surface area contributed by atoms with E-state index < -0.39 is 6.10 Å². The van der Waals surface area contributed by atoms with Gasteiger partial charge in [0.1, 0.15) is 11.6 Å². The number of fused-ring (bicyclic) bond motifs is 2. The molecule has 206 valence electrons. The second-order valence-corrected chi connectivity index (χ2v) is 9.84. The molecule has 0 fully saturated rings. The van der Waals surface area contributed by atoms with E-state index in [1.165, 1.54) is 23.3 Å². The SMILES string of the molecule is CCOc1cc2c(cc1C(=O)NCC(O)C1Cc3ccccc3CN1)CN(C(C)c1ccc(F)cc1)C2=O.Cl. The van der Waals surface area contributed by atoms with Crippen LogP contribution in [0.2, 0.25) is 0 Å². The van der Waals surface area contributed by atoms with Crippen molar-refractivity contribution < 1.29 is 23.8 Å². The summed E-state index contributed by atoms with van der Waals surface area (Å²) in [6.45, 7) is 5.12. The van der Waals surface area contributed by atoms with Crippen molar-refractivity contribution in [2.45, 2.75) is 51.5 Å². The number of ether oxygens (including phenoxy) is 1. The zero-order valence-electron chi connectivity index (χ0n) is 21.9. The number of carbonyl (C=O) groups is 2. The Kier molecular flexibility index (Phi) is 8.90. The van der Waals surface area contributed by atoms with Crippen LogP contribution < -0.4 is 15.4 Å². The van der Waals surface area contributed by atoms with Crippen molar-refractivity contribution in [3.05, 3.63) is 99.9 Å². The quantitative estimate of drug-likeness (QED) is 0.389. The van der Waals surface area contributed by atoms with Crippen LogP contribution >= 0.6 is 12.4 Å². The van der Waals surface area contributed by atoms with Gasteiger partial charge in [-0.05, 0) is 66.8 Å². The highest BCUT2D eigenvalue weighted by Crippen LogP contribution is 2.35. The molecule has 0 saturated carbocycles. The maximum atomic E-state index is 13.4. The van der Waals surface area contributed by atoms with Crippen LogP contribution in [0.1, 0.15) is 62.9 Å². The lowest BCUT2D eigenvalue weighted by molar-refractivity contribution is 0.0715. The van der Waals surface area contributed by atoms with E-state index in [1.54, 1.807) is 29.2 Å². The third-order valence-corrected chi connectivity index (χ3v) is 7.45. The first-order valence-electron chi connectivity index (χ1n) is 13.0. The second-order valence-electron chi connectivity index (χ2n) is 9.84. The largest absolute Gasteiger partial charge is 0.493 e. The molecule has 9 heteroatoms. The van der Waals surface area contributed by atoms with Crippen LogP contribution in [0, 0.1) is 5.82 Å². The molecule has 3 aromatic rings. The molecule has 2 amide bonds. The number of carbonyl (C=O) groups excluding carboxylic acids is 2. The molecular weight excluding hydrogens is 521 g/mol. The van der Waals surface area contributed by atoms with E-state index in [0.717, 1.165) is 11.1 Å². The molecule has 3 N–H and O–H groups in total. The fourth-order valence-corrected chi connectivity index (χ4v) is 5.24. The molecular formula is C30H33ClFN3O4. The van der Waals surface area contributed by atoms with E-state index in [1.807, 2.05) is 26.0 Å². The van der Waals surface area contributed by atoms with Gasteiger partial charge in [0.15, 0.2) is 0 Å². The number of nitrogens with one attached hydrogen (secondary N) is 2. The molecule has 39 heavy (non-hydrogen) atoms. The van der Waals surface area contributed by atoms with Gasteiger partial charge in [0.25, 0.3) is 11.8 Å². The fourth-order valence-electron chi connectivity index (χ4n) is 5.24. The Morgan fingerprint density at radius 2 is 1.87 bits per heavy atom. The third-order valence-electron chi connectivity index (χ3n) is 7.45. The van der Waals surface area contributed by atoms with Gasteiger partial charge in [0.2, 0.25) is 0 Å². The summed E-state index contributed by atoms with van der Waals surface area (Å²) in [7, 11) is 0. The zero-order valence-corrected chi connectivity index (χ0v) is 22.8. The molecule has 0 spiro atoms. The van der Waals surface area contributed by atoms with Gasteiger partial charge in [0.05, 0.1) is 24.3 Å². The highest BCUT2D eigenvalue weighted by atomic mass is 35.5. The van der Waals surface area contributed by atoms with Crippen molar-refractivity contribution in [2.24, 2.45) is 0 Å². The number of amides is 2. The summed E-state index contributed by atoms with van der Waals surface area (Å²) >= 11 is 0. The van der Waals surface area contributed by atoms with Crippen LogP contribution in [0.3, 0.4) is 0 Å². The number of nitrogens with zero attached hydrogens (tertiary/aromatic N) is 1. The first-order valence-corrected chi connectivity index (χ1v) is 13.0. The average Bonchev–Trinajstić information content (AvgIpc) is 3.26. The Hall–Kier alpha value is -3.46. The molecule has 0 bridgehead atoms. The van der Waals surface area contributed by atoms with Gasteiger partial charge in [-0.2, -0.15) is 0 Å². The van der Waals surface area contributed by atoms with E-state index in [-0.39, 0.29) is 48.7 Å². The monoisotopic (exact) mass is 553 g/mol. The molecule has 5 rings (SSSR count). The molecule has 0 radical (unpaired) electrons. The van der Waals surface area contributed by atoms with Crippen molar-refractivity contribution >= 4 is 24.2 Å². The van der Waals surface area contributed by atoms with Crippen LogP contribution in [0.5, 0.6) is 5.75 Å². The number of rotatable bonds is 8. The predicted octanol–water partition coefficient (Wildman–Crippen LogP) is 4.17. The van der Waals surface area contributed by atoms with Crippen LogP contribution in [-0.4, -0.2) is 47.1 Å². The molecule has 2 aliphatic rings. The Morgan fingerprint density at radius 1 is 1.15 bits per heavy atom. The average molecular weight is 554 g/mol. The van der Waals surface area contributed by atoms with E-state index in [4.69, 9.17) is 4.74 Å². The number of hydrogen-bond acceptors (Lipinski definition) is 5. The normalized spacial score (nSPS) is 17.5. The summed E-state index contributed by atoms with van der Waals surface area (Å²) in [5.74, 6) is -0.538. The first-order chi connectivity index (χ1) is 18.4. The lowest BCUT2D eigenvalue weighted by atomic mass is 9.93. The van der Waals surface area contributed by atoms with Crippen molar-refractivity contribution in [1.29, 1.82) is 0 Å². The maximum absolute atomic E-state index is 13.4. The fraction of sp³-hybridized carbons (Fsp3) is 0.333. The van der Waals surface area contributed by atoms with Crippen LogP contribution in [0.25, 0.3) is 0 Å². The Labute approximate surface area is 233 Å². The van der Waals surface area contributed by atoms with Gasteiger partial charge in [-0.1, -0.05) is 36.4 Å². The van der Waals surface area contributed by atoms with Gasteiger partial charge in [0, 0.05) is 31.2 Å². The van der Waals surface area contributed by atoms with Crippen molar-refractivity contribution in [2.75, 3.05) is 13.2 Å². The molecule has 0 saturated heterocycles. The standard InChI is InChI=1S/C30H32FN3O4.ClH/c1-3-38-28-14-24-22(17-34(30(24)37)18(2)19-8-10-23(31)11-9-19)12-25(28)29(36)33-16-27(35)26-13-20-6-4-5-7-21(20)15-32-26;/h4-12,14,18,26-27,32,35H,3,13,15-17H2,1-2H3,(H,33,36);1H. The molecule has 3 aromatic carbocycles. The third kappa shape index (κ3) is 5.93. The maximum Gasteiger partial charge on any atom is 0.255 e. The summed E-state index contributed by atoms with van der Waals surface area (Å²) < 4.78 is 19.1. The Balaban J connectivity index is 0.00000353. The molecule has 2 heterocycles. The summed E-state index contributed by atoms with van der Waals surface area (Å²) in [5.41, 5.74) is 4.78. The second kappa shape index (κ2) is 12.2. The smallest absolute Gasteiger partial charge is 0.255 e.